The molecule has 0 aliphatic heterocycles. The van der Waals surface area contributed by atoms with Gasteiger partial charge in [-0.15, -0.1) is 0 Å². The van der Waals surface area contributed by atoms with Gasteiger partial charge in [-0.2, -0.15) is 4.31 Å². The molecule has 0 aromatic heterocycles. The number of nitro benzene ring substituents is 1. The van der Waals surface area contributed by atoms with Gasteiger partial charge in [-0.05, 0) is 19.1 Å². The van der Waals surface area contributed by atoms with Crippen LogP contribution in [0.2, 0.25) is 0 Å². The number of anilines is 1. The van der Waals surface area contributed by atoms with Crippen LogP contribution in [0.5, 0.6) is 0 Å². The highest BCUT2D eigenvalue weighted by atomic mass is 32.2. The highest BCUT2D eigenvalue weighted by Crippen LogP contribution is 2.29. The molecule has 1 rings (SSSR count). The van der Waals surface area contributed by atoms with Crippen LogP contribution < -0.4 is 5.32 Å². The van der Waals surface area contributed by atoms with Gasteiger partial charge >= 0.3 is 0 Å². The van der Waals surface area contributed by atoms with Crippen molar-refractivity contribution in [2.45, 2.75) is 11.8 Å². The number of hydrogen-bond donors (Lipinski definition) is 1. The molecule has 0 unspecified atom stereocenters. The molecule has 0 saturated carbocycles. The van der Waals surface area contributed by atoms with E-state index in [0.29, 0.717) is 12.2 Å². The van der Waals surface area contributed by atoms with Crippen molar-refractivity contribution < 1.29 is 18.1 Å². The molecule has 0 atom stereocenters. The summed E-state index contributed by atoms with van der Waals surface area (Å²) in [7, 11) is -1.14. The lowest BCUT2D eigenvalue weighted by molar-refractivity contribution is -0.387. The molecular formula is C12H19N3O5S. The third kappa shape index (κ3) is 4.13. The van der Waals surface area contributed by atoms with E-state index in [9.17, 15) is 18.5 Å². The first-order chi connectivity index (χ1) is 9.84. The summed E-state index contributed by atoms with van der Waals surface area (Å²) in [5.74, 6) is 0. The fourth-order valence-electron chi connectivity index (χ4n) is 1.69. The first-order valence-electron chi connectivity index (χ1n) is 6.32. The number of ether oxygens (including phenoxy) is 1. The monoisotopic (exact) mass is 317 g/mol. The molecule has 1 aromatic rings. The fourth-order valence-corrected chi connectivity index (χ4v) is 3.03. The second kappa shape index (κ2) is 7.34. The van der Waals surface area contributed by atoms with E-state index in [-0.39, 0.29) is 18.0 Å². The smallest absolute Gasteiger partial charge is 0.289 e. The van der Waals surface area contributed by atoms with Crippen LogP contribution in [0.15, 0.2) is 23.1 Å². The summed E-state index contributed by atoms with van der Waals surface area (Å²) >= 11 is 0. The Kier molecular flexibility index (Phi) is 6.06. The lowest BCUT2D eigenvalue weighted by Crippen LogP contribution is -2.30. The van der Waals surface area contributed by atoms with Crippen molar-refractivity contribution >= 4 is 21.4 Å². The van der Waals surface area contributed by atoms with Gasteiger partial charge in [0.25, 0.3) is 5.69 Å². The van der Waals surface area contributed by atoms with E-state index in [1.807, 2.05) is 6.92 Å². The Morgan fingerprint density at radius 1 is 1.43 bits per heavy atom. The molecule has 1 N–H and O–H groups in total. The van der Waals surface area contributed by atoms with Crippen LogP contribution in [0.1, 0.15) is 6.92 Å². The lowest BCUT2D eigenvalue weighted by atomic mass is 10.3. The maximum absolute atomic E-state index is 12.5. The molecule has 0 saturated heterocycles. The van der Waals surface area contributed by atoms with E-state index in [2.05, 4.69) is 5.32 Å². The molecular weight excluding hydrogens is 298 g/mol. The van der Waals surface area contributed by atoms with Crippen LogP contribution in [0.25, 0.3) is 0 Å². The van der Waals surface area contributed by atoms with Crippen molar-refractivity contribution in [2.75, 3.05) is 39.2 Å². The predicted molar refractivity (Wildman–Crippen MR) is 79.0 cm³/mol. The summed E-state index contributed by atoms with van der Waals surface area (Å²) in [4.78, 5) is 10.0. The Morgan fingerprint density at radius 3 is 2.62 bits per heavy atom. The number of sulfonamides is 1. The van der Waals surface area contributed by atoms with Crippen LogP contribution >= 0.6 is 0 Å². The minimum Gasteiger partial charge on any atom is -0.385 e. The number of benzene rings is 1. The fraction of sp³-hybridized carbons (Fsp3) is 0.500. The van der Waals surface area contributed by atoms with Gasteiger partial charge in [-0.3, -0.25) is 10.1 Å². The first kappa shape index (κ1) is 17.3. The van der Waals surface area contributed by atoms with Gasteiger partial charge in [0.05, 0.1) is 11.5 Å². The predicted octanol–water partition coefficient (Wildman–Crippen LogP) is 1.29. The number of methoxy groups -OCH3 is 1. The van der Waals surface area contributed by atoms with Gasteiger partial charge in [0.2, 0.25) is 10.0 Å². The minimum absolute atomic E-state index is 0.113. The van der Waals surface area contributed by atoms with E-state index in [1.54, 1.807) is 0 Å². The van der Waals surface area contributed by atoms with Crippen LogP contribution in [0.3, 0.4) is 0 Å². The molecule has 0 aliphatic carbocycles. The first-order valence-corrected chi connectivity index (χ1v) is 7.76. The Labute approximate surface area is 123 Å². The number of rotatable bonds is 8. The van der Waals surface area contributed by atoms with Crippen LogP contribution in [-0.4, -0.2) is 51.5 Å². The Balaban J connectivity index is 3.30. The molecule has 8 nitrogen and oxygen atoms in total. The molecule has 0 amide bonds. The SMILES string of the molecule is CCNc1ccc([N+](=O)[O-])c(S(=O)(=O)N(C)CCOC)c1. The molecule has 0 spiro atoms. The van der Waals surface area contributed by atoms with Crippen molar-refractivity contribution in [2.24, 2.45) is 0 Å². The topological polar surface area (TPSA) is 102 Å². The van der Waals surface area contributed by atoms with E-state index in [1.165, 1.54) is 32.4 Å². The standard InChI is InChI=1S/C12H19N3O5S/c1-4-13-10-5-6-11(15(16)17)12(9-10)21(18,19)14(2)7-8-20-3/h5-6,9,13H,4,7-8H2,1-3H3. The average Bonchev–Trinajstić information content (AvgIpc) is 2.44. The van der Waals surface area contributed by atoms with E-state index in [0.717, 1.165) is 4.31 Å². The minimum atomic E-state index is -3.96. The summed E-state index contributed by atoms with van der Waals surface area (Å²) in [6.45, 7) is 2.75. The zero-order chi connectivity index (χ0) is 16.0. The maximum atomic E-state index is 12.5. The van der Waals surface area contributed by atoms with Crippen molar-refractivity contribution in [3.05, 3.63) is 28.3 Å². The van der Waals surface area contributed by atoms with E-state index >= 15 is 0 Å². The summed E-state index contributed by atoms with van der Waals surface area (Å²) in [5.41, 5.74) is 0.0720. The van der Waals surface area contributed by atoms with Gasteiger partial charge in [0, 0.05) is 39.0 Å². The molecule has 0 fully saturated rings. The van der Waals surface area contributed by atoms with Crippen molar-refractivity contribution in [1.82, 2.24) is 4.31 Å². The summed E-state index contributed by atoms with van der Waals surface area (Å²) in [6, 6.07) is 3.95. The maximum Gasteiger partial charge on any atom is 0.289 e. The van der Waals surface area contributed by atoms with E-state index in [4.69, 9.17) is 4.74 Å². The van der Waals surface area contributed by atoms with Crippen molar-refractivity contribution in [3.8, 4) is 0 Å². The Bertz CT molecular complexity index is 603. The van der Waals surface area contributed by atoms with Gasteiger partial charge < -0.3 is 10.1 Å². The number of nitro groups is 1. The van der Waals surface area contributed by atoms with Crippen LogP contribution in [-0.2, 0) is 14.8 Å². The summed E-state index contributed by atoms with van der Waals surface area (Å²) in [6.07, 6.45) is 0. The molecule has 0 radical (unpaired) electrons. The number of hydrogen-bond acceptors (Lipinski definition) is 6. The molecule has 1 aromatic carbocycles. The highest BCUT2D eigenvalue weighted by Gasteiger charge is 2.29. The molecule has 21 heavy (non-hydrogen) atoms. The third-order valence-corrected chi connectivity index (χ3v) is 4.72. The summed E-state index contributed by atoms with van der Waals surface area (Å²) in [5, 5.41) is 14.0. The number of likely N-dealkylation sites (N-methyl/N-ethyl adjacent to an activating group) is 1. The van der Waals surface area contributed by atoms with Gasteiger partial charge in [-0.1, -0.05) is 0 Å². The third-order valence-electron chi connectivity index (χ3n) is 2.84. The average molecular weight is 317 g/mol. The molecule has 118 valence electrons. The molecule has 0 aliphatic rings. The Hall–Kier alpha value is -1.71. The van der Waals surface area contributed by atoms with E-state index < -0.39 is 20.6 Å². The molecule has 0 bridgehead atoms. The zero-order valence-corrected chi connectivity index (χ0v) is 13.0. The largest absolute Gasteiger partial charge is 0.385 e. The second-order valence-corrected chi connectivity index (χ2v) is 6.30. The zero-order valence-electron chi connectivity index (χ0n) is 12.2. The highest BCUT2D eigenvalue weighted by molar-refractivity contribution is 7.89. The normalized spacial score (nSPS) is 11.6. The van der Waals surface area contributed by atoms with Crippen molar-refractivity contribution in [1.29, 1.82) is 0 Å². The van der Waals surface area contributed by atoms with Crippen LogP contribution in [0, 0.1) is 10.1 Å². The van der Waals surface area contributed by atoms with Gasteiger partial charge in [0.15, 0.2) is 4.90 Å². The van der Waals surface area contributed by atoms with Gasteiger partial charge in [0.1, 0.15) is 0 Å². The van der Waals surface area contributed by atoms with Crippen molar-refractivity contribution in [3.63, 3.8) is 0 Å². The number of nitrogens with one attached hydrogen (secondary N) is 1. The second-order valence-electron chi connectivity index (χ2n) is 4.29. The summed E-state index contributed by atoms with van der Waals surface area (Å²) < 4.78 is 30.8. The van der Waals surface area contributed by atoms with Gasteiger partial charge in [-0.25, -0.2) is 8.42 Å². The lowest BCUT2D eigenvalue weighted by Gasteiger charge is -2.17. The number of nitrogens with zero attached hydrogens (tertiary/aromatic N) is 2. The van der Waals surface area contributed by atoms with Crippen LogP contribution in [0.4, 0.5) is 11.4 Å². The molecule has 9 heteroatoms. The Morgan fingerprint density at radius 2 is 2.10 bits per heavy atom. The molecule has 0 heterocycles. The quantitative estimate of drug-likeness (QED) is 0.572.